The van der Waals surface area contributed by atoms with Gasteiger partial charge in [0.1, 0.15) is 0 Å². The predicted octanol–water partition coefficient (Wildman–Crippen LogP) is 0.343. The molecular weight excluding hydrogens is 258 g/mol. The summed E-state index contributed by atoms with van der Waals surface area (Å²) in [6.45, 7) is 8.50. The fourth-order valence-electron chi connectivity index (χ4n) is 1.62. The lowest BCUT2D eigenvalue weighted by Gasteiger charge is -2.25. The lowest BCUT2D eigenvalue weighted by molar-refractivity contribution is -0.142. The molecular formula is C14H29N3O3. The molecule has 0 aromatic rings. The van der Waals surface area contributed by atoms with Crippen LogP contribution in [0.4, 0.5) is 0 Å². The van der Waals surface area contributed by atoms with Crippen LogP contribution in [0, 0.1) is 11.8 Å². The number of carbonyl (C=O) groups is 2. The number of aliphatic carboxylic acids is 1. The van der Waals surface area contributed by atoms with Crippen molar-refractivity contribution < 1.29 is 14.7 Å². The Morgan fingerprint density at radius 2 is 1.75 bits per heavy atom. The third kappa shape index (κ3) is 9.75. The molecule has 0 spiro atoms. The van der Waals surface area contributed by atoms with Gasteiger partial charge >= 0.3 is 5.97 Å². The molecule has 0 heterocycles. The summed E-state index contributed by atoms with van der Waals surface area (Å²) in [6, 6.07) is 0. The summed E-state index contributed by atoms with van der Waals surface area (Å²) in [7, 11) is 3.91. The van der Waals surface area contributed by atoms with E-state index in [0.29, 0.717) is 25.6 Å². The Morgan fingerprint density at radius 3 is 2.20 bits per heavy atom. The number of likely N-dealkylation sites (N-methyl/N-ethyl adjacent to an activating group) is 1. The van der Waals surface area contributed by atoms with E-state index in [0.717, 1.165) is 6.54 Å². The smallest absolute Gasteiger partial charge is 0.307 e. The zero-order valence-corrected chi connectivity index (χ0v) is 13.3. The van der Waals surface area contributed by atoms with Gasteiger partial charge in [0.05, 0.1) is 12.5 Å². The first-order chi connectivity index (χ1) is 9.22. The minimum absolute atomic E-state index is 0.0463. The molecule has 1 atom stereocenters. The van der Waals surface area contributed by atoms with Gasteiger partial charge in [0.25, 0.3) is 0 Å². The van der Waals surface area contributed by atoms with Crippen LogP contribution in [0.5, 0.6) is 0 Å². The molecule has 0 rings (SSSR count). The molecule has 0 aliphatic rings. The zero-order valence-electron chi connectivity index (χ0n) is 13.3. The molecule has 0 aliphatic heterocycles. The third-order valence-corrected chi connectivity index (χ3v) is 2.89. The third-order valence-electron chi connectivity index (χ3n) is 2.89. The Kier molecular flexibility index (Phi) is 9.16. The highest BCUT2D eigenvalue weighted by Gasteiger charge is 2.18. The summed E-state index contributed by atoms with van der Waals surface area (Å²) in [5.41, 5.74) is 0. The fraction of sp³-hybridized carbons (Fsp3) is 0.857. The SMILES string of the molecule is CC(C)CNC(=O)CN(CCN(C)C)CC(C)C(=O)O. The maximum atomic E-state index is 11.8. The van der Waals surface area contributed by atoms with Crippen molar-refractivity contribution in [2.75, 3.05) is 46.8 Å². The Hall–Kier alpha value is -1.14. The van der Waals surface area contributed by atoms with Crippen molar-refractivity contribution in [3.8, 4) is 0 Å². The molecule has 20 heavy (non-hydrogen) atoms. The molecule has 2 N–H and O–H groups in total. The standard InChI is InChI=1S/C14H29N3O3/c1-11(2)8-15-13(18)10-17(7-6-16(4)5)9-12(3)14(19)20/h11-12H,6-10H2,1-5H3,(H,15,18)(H,19,20). The molecule has 0 radical (unpaired) electrons. The second-order valence-corrected chi connectivity index (χ2v) is 5.98. The summed E-state index contributed by atoms with van der Waals surface area (Å²) in [5.74, 6) is -0.945. The number of hydrogen-bond acceptors (Lipinski definition) is 4. The number of rotatable bonds is 10. The first-order valence-electron chi connectivity index (χ1n) is 7.09. The van der Waals surface area contributed by atoms with Crippen molar-refractivity contribution in [2.45, 2.75) is 20.8 Å². The van der Waals surface area contributed by atoms with Crippen LogP contribution >= 0.6 is 0 Å². The topological polar surface area (TPSA) is 72.9 Å². The van der Waals surface area contributed by atoms with Crippen LogP contribution in [0.25, 0.3) is 0 Å². The quantitative estimate of drug-likeness (QED) is 0.606. The highest BCUT2D eigenvalue weighted by atomic mass is 16.4. The van der Waals surface area contributed by atoms with Crippen molar-refractivity contribution in [2.24, 2.45) is 11.8 Å². The maximum Gasteiger partial charge on any atom is 0.307 e. The normalized spacial score (nSPS) is 13.0. The predicted molar refractivity (Wildman–Crippen MR) is 79.6 cm³/mol. The van der Waals surface area contributed by atoms with Gasteiger partial charge in [0.2, 0.25) is 5.91 Å². The minimum Gasteiger partial charge on any atom is -0.481 e. The fourth-order valence-corrected chi connectivity index (χ4v) is 1.62. The van der Waals surface area contributed by atoms with E-state index in [-0.39, 0.29) is 12.5 Å². The van der Waals surface area contributed by atoms with Crippen molar-refractivity contribution in [3.05, 3.63) is 0 Å². The van der Waals surface area contributed by atoms with Crippen LogP contribution in [0.3, 0.4) is 0 Å². The first kappa shape index (κ1) is 18.9. The maximum absolute atomic E-state index is 11.8. The molecule has 6 nitrogen and oxygen atoms in total. The number of carbonyl (C=O) groups excluding carboxylic acids is 1. The highest BCUT2D eigenvalue weighted by molar-refractivity contribution is 5.78. The molecule has 0 bridgehead atoms. The van der Waals surface area contributed by atoms with Crippen molar-refractivity contribution >= 4 is 11.9 Å². The number of nitrogens with zero attached hydrogens (tertiary/aromatic N) is 2. The van der Waals surface area contributed by atoms with Crippen LogP contribution in [0.2, 0.25) is 0 Å². The average Bonchev–Trinajstić information content (AvgIpc) is 2.33. The van der Waals surface area contributed by atoms with Gasteiger partial charge in [0.15, 0.2) is 0 Å². The van der Waals surface area contributed by atoms with Crippen molar-refractivity contribution in [1.82, 2.24) is 15.1 Å². The van der Waals surface area contributed by atoms with Gasteiger partial charge in [-0.15, -0.1) is 0 Å². The largest absolute Gasteiger partial charge is 0.481 e. The molecule has 0 aromatic carbocycles. The van der Waals surface area contributed by atoms with Crippen LogP contribution in [-0.2, 0) is 9.59 Å². The number of nitrogens with one attached hydrogen (secondary N) is 1. The minimum atomic E-state index is -0.831. The molecule has 0 aliphatic carbocycles. The average molecular weight is 287 g/mol. The summed E-state index contributed by atoms with van der Waals surface area (Å²) < 4.78 is 0. The highest BCUT2D eigenvalue weighted by Crippen LogP contribution is 2.01. The Morgan fingerprint density at radius 1 is 1.15 bits per heavy atom. The second-order valence-electron chi connectivity index (χ2n) is 5.98. The van der Waals surface area contributed by atoms with Gasteiger partial charge in [-0.3, -0.25) is 14.5 Å². The van der Waals surface area contributed by atoms with Gasteiger partial charge in [-0.25, -0.2) is 0 Å². The van der Waals surface area contributed by atoms with Crippen LogP contribution in [0.1, 0.15) is 20.8 Å². The molecule has 0 saturated carbocycles. The van der Waals surface area contributed by atoms with Crippen LogP contribution in [0.15, 0.2) is 0 Å². The number of carboxylic acids is 1. The van der Waals surface area contributed by atoms with E-state index >= 15 is 0 Å². The summed E-state index contributed by atoms with van der Waals surface area (Å²) in [5, 5.41) is 11.8. The van der Waals surface area contributed by atoms with E-state index in [2.05, 4.69) is 5.32 Å². The molecule has 6 heteroatoms. The van der Waals surface area contributed by atoms with E-state index in [1.54, 1.807) is 6.92 Å². The summed E-state index contributed by atoms with van der Waals surface area (Å²) >= 11 is 0. The molecule has 1 unspecified atom stereocenters. The zero-order chi connectivity index (χ0) is 15.7. The van der Waals surface area contributed by atoms with E-state index in [9.17, 15) is 9.59 Å². The van der Waals surface area contributed by atoms with Crippen LogP contribution in [-0.4, -0.2) is 73.6 Å². The van der Waals surface area contributed by atoms with Gasteiger partial charge in [-0.2, -0.15) is 0 Å². The lowest BCUT2D eigenvalue weighted by atomic mass is 10.1. The van der Waals surface area contributed by atoms with E-state index in [1.807, 2.05) is 37.7 Å². The summed E-state index contributed by atoms with van der Waals surface area (Å²) in [6.07, 6.45) is 0. The number of hydrogen-bond donors (Lipinski definition) is 2. The van der Waals surface area contributed by atoms with E-state index in [1.165, 1.54) is 0 Å². The molecule has 0 fully saturated rings. The molecule has 1 amide bonds. The van der Waals surface area contributed by atoms with Gasteiger partial charge in [-0.1, -0.05) is 20.8 Å². The monoisotopic (exact) mass is 287 g/mol. The van der Waals surface area contributed by atoms with Gasteiger partial charge < -0.3 is 15.3 Å². The van der Waals surface area contributed by atoms with E-state index < -0.39 is 11.9 Å². The molecule has 0 aromatic heterocycles. The second kappa shape index (κ2) is 9.72. The Bertz CT molecular complexity index is 306. The number of carboxylic acid groups (broad SMARTS) is 1. The van der Waals surface area contributed by atoms with Crippen molar-refractivity contribution in [1.29, 1.82) is 0 Å². The summed E-state index contributed by atoms with van der Waals surface area (Å²) in [4.78, 5) is 26.7. The van der Waals surface area contributed by atoms with Crippen LogP contribution < -0.4 is 5.32 Å². The van der Waals surface area contributed by atoms with Gasteiger partial charge in [0, 0.05) is 26.2 Å². The van der Waals surface area contributed by atoms with Crippen molar-refractivity contribution in [3.63, 3.8) is 0 Å². The number of amides is 1. The van der Waals surface area contributed by atoms with E-state index in [4.69, 9.17) is 5.11 Å². The molecule has 0 saturated heterocycles. The van der Waals surface area contributed by atoms with Gasteiger partial charge in [-0.05, 0) is 20.0 Å². The Balaban J connectivity index is 4.35. The lowest BCUT2D eigenvalue weighted by Crippen LogP contribution is -2.43. The molecule has 118 valence electrons. The first-order valence-corrected chi connectivity index (χ1v) is 7.09. The Labute approximate surface area is 122 Å².